The van der Waals surface area contributed by atoms with E-state index in [2.05, 4.69) is 56.7 Å². The molecule has 0 aliphatic carbocycles. The lowest BCUT2D eigenvalue weighted by Gasteiger charge is -2.36. The molecule has 2 N–H and O–H groups in total. The molecule has 0 saturated carbocycles. The summed E-state index contributed by atoms with van der Waals surface area (Å²) in [6.07, 6.45) is 10.2. The number of carbonyl (C=O) groups is 1. The van der Waals surface area contributed by atoms with Crippen LogP contribution in [0.15, 0.2) is 60.7 Å². The maximum Gasteiger partial charge on any atom is 0.321 e. The summed E-state index contributed by atoms with van der Waals surface area (Å²) in [5.74, 6) is 0.287. The van der Waals surface area contributed by atoms with E-state index in [1.165, 1.54) is 5.69 Å². The molecule has 3 aliphatic heterocycles. The Labute approximate surface area is 249 Å². The van der Waals surface area contributed by atoms with E-state index in [0.717, 1.165) is 93.1 Å². The highest BCUT2D eigenvalue weighted by Gasteiger charge is 2.26. The van der Waals surface area contributed by atoms with Crippen LogP contribution in [0.3, 0.4) is 0 Å². The molecule has 1 aromatic heterocycles. The van der Waals surface area contributed by atoms with Gasteiger partial charge in [-0.3, -0.25) is 4.90 Å². The van der Waals surface area contributed by atoms with E-state index in [9.17, 15) is 9.90 Å². The summed E-state index contributed by atoms with van der Waals surface area (Å²) in [5.41, 5.74) is 4.96. The molecule has 2 amide bonds. The maximum absolute atomic E-state index is 13.2. The topological polar surface area (TPSA) is 97.3 Å². The number of anilines is 1. The SMILES string of the molecule is C=C(/C=C\C(=C/CC)NC(=O)N1CCC(c2ncnc3cc(N4CCN(CCO)CC4)ccc23)CC1)N1CCOCC1. The van der Waals surface area contributed by atoms with Gasteiger partial charge in [-0.15, -0.1) is 0 Å². The summed E-state index contributed by atoms with van der Waals surface area (Å²) >= 11 is 0. The second-order valence-electron chi connectivity index (χ2n) is 11.2. The lowest BCUT2D eigenvalue weighted by molar-refractivity contribution is 0.0556. The average molecular weight is 576 g/mol. The van der Waals surface area contributed by atoms with Crippen LogP contribution in [0.1, 0.15) is 37.8 Å². The van der Waals surface area contributed by atoms with Crippen molar-refractivity contribution in [1.29, 1.82) is 0 Å². The quantitative estimate of drug-likeness (QED) is 0.440. The minimum atomic E-state index is -0.0638. The molecular weight excluding hydrogens is 530 g/mol. The van der Waals surface area contributed by atoms with Crippen molar-refractivity contribution in [2.45, 2.75) is 32.1 Å². The third kappa shape index (κ3) is 7.48. The monoisotopic (exact) mass is 575 g/mol. The number of morpholine rings is 1. The molecule has 0 bridgehead atoms. The van der Waals surface area contributed by atoms with Crippen molar-refractivity contribution >= 4 is 22.6 Å². The van der Waals surface area contributed by atoms with E-state index < -0.39 is 0 Å². The summed E-state index contributed by atoms with van der Waals surface area (Å²) in [5, 5.41) is 13.4. The van der Waals surface area contributed by atoms with Gasteiger partial charge in [0, 0.05) is 87.3 Å². The fourth-order valence-electron chi connectivity index (χ4n) is 6.04. The number of fused-ring (bicyclic) bond motifs is 1. The molecule has 10 heteroatoms. The minimum Gasteiger partial charge on any atom is -0.395 e. The van der Waals surface area contributed by atoms with Crippen LogP contribution in [0.4, 0.5) is 10.5 Å². The van der Waals surface area contributed by atoms with Gasteiger partial charge in [-0.1, -0.05) is 19.6 Å². The first kappa shape index (κ1) is 30.0. The normalized spacial score (nSPS) is 19.6. The number of hydrogen-bond donors (Lipinski definition) is 2. The van der Waals surface area contributed by atoms with E-state index in [1.54, 1.807) is 6.33 Å². The Kier molecular flexibility index (Phi) is 10.4. The first-order valence-corrected chi connectivity index (χ1v) is 15.3. The Bertz CT molecular complexity index is 1270. The first-order valence-electron chi connectivity index (χ1n) is 15.3. The fraction of sp³-hybridized carbons (Fsp3) is 0.531. The predicted octanol–water partition coefficient (Wildman–Crippen LogP) is 3.33. The highest BCUT2D eigenvalue weighted by molar-refractivity contribution is 5.85. The molecule has 0 unspecified atom stereocenters. The predicted molar refractivity (Wildman–Crippen MR) is 166 cm³/mol. The first-order chi connectivity index (χ1) is 20.6. The number of rotatable bonds is 9. The summed E-state index contributed by atoms with van der Waals surface area (Å²) in [6.45, 7) is 15.5. The molecule has 10 nitrogen and oxygen atoms in total. The number of urea groups is 1. The smallest absolute Gasteiger partial charge is 0.321 e. The van der Waals surface area contributed by atoms with Gasteiger partial charge in [0.15, 0.2) is 0 Å². The molecule has 0 atom stereocenters. The van der Waals surface area contributed by atoms with Gasteiger partial charge in [0.2, 0.25) is 0 Å². The summed E-state index contributed by atoms with van der Waals surface area (Å²) in [6, 6.07) is 6.46. The summed E-state index contributed by atoms with van der Waals surface area (Å²) < 4.78 is 5.43. The minimum absolute atomic E-state index is 0.0638. The van der Waals surface area contributed by atoms with E-state index in [0.29, 0.717) is 26.3 Å². The van der Waals surface area contributed by atoms with Crippen LogP contribution in [0.5, 0.6) is 0 Å². The van der Waals surface area contributed by atoms with Gasteiger partial charge in [-0.2, -0.15) is 0 Å². The third-order valence-corrected chi connectivity index (χ3v) is 8.52. The molecule has 1 aromatic carbocycles. The molecule has 2 aromatic rings. The maximum atomic E-state index is 13.2. The average Bonchev–Trinajstić information content (AvgIpc) is 3.04. The van der Waals surface area contributed by atoms with Crippen molar-refractivity contribution in [3.05, 3.63) is 66.4 Å². The van der Waals surface area contributed by atoms with E-state index >= 15 is 0 Å². The van der Waals surface area contributed by atoms with Gasteiger partial charge in [0.25, 0.3) is 0 Å². The second kappa shape index (κ2) is 14.6. The number of aliphatic hydroxyl groups excluding tert-OH is 1. The lowest BCUT2D eigenvalue weighted by Crippen LogP contribution is -2.47. The number of nitrogens with one attached hydrogen (secondary N) is 1. The largest absolute Gasteiger partial charge is 0.395 e. The van der Waals surface area contributed by atoms with Crippen LogP contribution in [-0.4, -0.2) is 115 Å². The zero-order valence-electron chi connectivity index (χ0n) is 24.9. The van der Waals surface area contributed by atoms with Gasteiger partial charge in [-0.05, 0) is 49.6 Å². The van der Waals surface area contributed by atoms with Crippen molar-refractivity contribution in [2.24, 2.45) is 0 Å². The van der Waals surface area contributed by atoms with Crippen molar-refractivity contribution in [1.82, 2.24) is 30.0 Å². The van der Waals surface area contributed by atoms with Crippen LogP contribution >= 0.6 is 0 Å². The summed E-state index contributed by atoms with van der Waals surface area (Å²) in [7, 11) is 0. The number of aliphatic hydroxyl groups is 1. The number of allylic oxidation sites excluding steroid dienone is 3. The molecule has 226 valence electrons. The summed E-state index contributed by atoms with van der Waals surface area (Å²) in [4.78, 5) is 31.3. The Morgan fingerprint density at radius 1 is 1.05 bits per heavy atom. The van der Waals surface area contributed by atoms with Gasteiger partial charge >= 0.3 is 6.03 Å². The Balaban J connectivity index is 1.17. The van der Waals surface area contributed by atoms with E-state index in [-0.39, 0.29) is 18.6 Å². The molecule has 3 saturated heterocycles. The van der Waals surface area contributed by atoms with E-state index in [1.807, 2.05) is 23.1 Å². The highest BCUT2D eigenvalue weighted by atomic mass is 16.5. The number of nitrogens with zero attached hydrogens (tertiary/aromatic N) is 6. The number of carbonyl (C=O) groups excluding carboxylic acids is 1. The molecule has 42 heavy (non-hydrogen) atoms. The van der Waals surface area contributed by atoms with Crippen molar-refractivity contribution in [3.63, 3.8) is 0 Å². The fourth-order valence-corrected chi connectivity index (χ4v) is 6.04. The standard InChI is InChI=1S/C32H45N7O3/c1-3-4-27(6-5-25(2)37-18-21-42-22-19-37)35-32(41)39-11-9-26(10-12-39)31-29-8-7-28(23-30(29)33-24-34-31)38-15-13-36(14-16-38)17-20-40/h4-8,23-24,26,40H,2-3,9-22H2,1H3,(H,35,41)/b6-5-,27-4+. The van der Waals surface area contributed by atoms with Crippen LogP contribution < -0.4 is 10.2 Å². The number of hydrogen-bond acceptors (Lipinski definition) is 8. The Hall–Kier alpha value is -3.47. The second-order valence-corrected chi connectivity index (χ2v) is 11.2. The number of β-amino-alcohol motifs (C(OH)–C–C–N with tert-alkyl or cyclic N) is 1. The van der Waals surface area contributed by atoms with Crippen molar-refractivity contribution < 1.29 is 14.6 Å². The third-order valence-electron chi connectivity index (χ3n) is 8.52. The zero-order chi connectivity index (χ0) is 29.3. The molecule has 0 radical (unpaired) electrons. The van der Waals surface area contributed by atoms with Gasteiger partial charge < -0.3 is 29.9 Å². The highest BCUT2D eigenvalue weighted by Crippen LogP contribution is 2.32. The Morgan fingerprint density at radius 3 is 2.52 bits per heavy atom. The molecular formula is C32H45N7O3. The van der Waals surface area contributed by atoms with Crippen LogP contribution in [0.25, 0.3) is 10.9 Å². The molecule has 3 aliphatic rings. The molecule has 0 spiro atoms. The van der Waals surface area contributed by atoms with Crippen molar-refractivity contribution in [2.75, 3.05) is 83.6 Å². The zero-order valence-corrected chi connectivity index (χ0v) is 24.9. The lowest BCUT2D eigenvalue weighted by atomic mass is 9.91. The van der Waals surface area contributed by atoms with Gasteiger partial charge in [-0.25, -0.2) is 14.8 Å². The molecule has 5 rings (SSSR count). The van der Waals surface area contributed by atoms with Crippen LogP contribution in [-0.2, 0) is 4.74 Å². The van der Waals surface area contributed by atoms with Crippen LogP contribution in [0, 0.1) is 0 Å². The molecule has 3 fully saturated rings. The van der Waals surface area contributed by atoms with Crippen LogP contribution in [0.2, 0.25) is 0 Å². The number of likely N-dealkylation sites (tertiary alicyclic amines) is 1. The van der Waals surface area contributed by atoms with Gasteiger partial charge in [0.1, 0.15) is 6.33 Å². The number of aromatic nitrogens is 2. The van der Waals surface area contributed by atoms with E-state index in [4.69, 9.17) is 9.72 Å². The number of amides is 2. The number of benzene rings is 1. The molecule has 4 heterocycles. The van der Waals surface area contributed by atoms with Crippen molar-refractivity contribution in [3.8, 4) is 0 Å². The number of ether oxygens (including phenoxy) is 1. The number of piperidine rings is 1. The van der Waals surface area contributed by atoms with Gasteiger partial charge in [0.05, 0.1) is 31.0 Å². The number of piperazine rings is 1. The Morgan fingerprint density at radius 2 is 1.81 bits per heavy atom.